The molecule has 0 aliphatic rings. The Bertz CT molecular complexity index is 1280. The van der Waals surface area contributed by atoms with Crippen molar-refractivity contribution in [1.29, 1.82) is 0 Å². The zero-order chi connectivity index (χ0) is 29.4. The molecule has 0 bridgehead atoms. The standard InChI is InChI=1S/2C18H15P.CH2O3.Pd/c2*1-4-10-16(11-5-1)19(17-12-6-2-7-13-17)18-14-8-3-9-15-18;2-1(3)4;/h2*1-15H;(H2,2,3,4);/q;;;+2/p-2. The number of benzene rings is 6. The van der Waals surface area contributed by atoms with E-state index in [1.54, 1.807) is 0 Å². The third-order valence-electron chi connectivity index (χ3n) is 6.09. The summed E-state index contributed by atoms with van der Waals surface area (Å²) in [7, 11) is -0.892. The maximum atomic E-state index is 8.33. The van der Waals surface area contributed by atoms with Crippen molar-refractivity contribution in [2.24, 2.45) is 0 Å². The Kier molecular flexibility index (Phi) is 14.5. The summed E-state index contributed by atoms with van der Waals surface area (Å²) in [5, 5.41) is 25.1. The van der Waals surface area contributed by atoms with Crippen LogP contribution in [0.15, 0.2) is 182 Å². The van der Waals surface area contributed by atoms with E-state index in [2.05, 4.69) is 182 Å². The monoisotopic (exact) mass is 690 g/mol. The molecule has 3 nitrogen and oxygen atoms in total. The molecule has 0 spiro atoms. The van der Waals surface area contributed by atoms with Crippen molar-refractivity contribution >= 4 is 53.8 Å². The first-order valence-corrected chi connectivity index (χ1v) is 16.1. The van der Waals surface area contributed by atoms with E-state index in [9.17, 15) is 0 Å². The Morgan fingerprint density at radius 2 is 0.442 bits per heavy atom. The molecule has 0 saturated carbocycles. The van der Waals surface area contributed by atoms with E-state index in [1.807, 2.05) is 0 Å². The first kappa shape index (κ1) is 33.6. The molecule has 0 aliphatic heterocycles. The van der Waals surface area contributed by atoms with Crippen molar-refractivity contribution in [2.45, 2.75) is 0 Å². The summed E-state index contributed by atoms with van der Waals surface area (Å²) < 4.78 is 0. The third kappa shape index (κ3) is 10.7. The fourth-order valence-electron chi connectivity index (χ4n) is 4.36. The molecular formula is C37H30O3P2Pd. The maximum absolute atomic E-state index is 8.33. The van der Waals surface area contributed by atoms with Crippen LogP contribution in [0.1, 0.15) is 0 Å². The molecule has 0 unspecified atom stereocenters. The Hall–Kier alpha value is -3.89. The van der Waals surface area contributed by atoms with Crippen LogP contribution < -0.4 is 42.0 Å². The van der Waals surface area contributed by atoms with Gasteiger partial charge in [-0.05, 0) is 53.8 Å². The normalized spacial score (nSPS) is 9.91. The van der Waals surface area contributed by atoms with Crippen molar-refractivity contribution in [3.05, 3.63) is 182 Å². The molecule has 0 aromatic heterocycles. The predicted octanol–water partition coefficient (Wildman–Crippen LogP) is 4.44. The van der Waals surface area contributed by atoms with Gasteiger partial charge in [0.15, 0.2) is 0 Å². The molecule has 0 saturated heterocycles. The van der Waals surface area contributed by atoms with Crippen LogP contribution in [0.3, 0.4) is 0 Å². The van der Waals surface area contributed by atoms with E-state index in [-0.39, 0.29) is 20.4 Å². The molecule has 0 aliphatic carbocycles. The first-order valence-electron chi connectivity index (χ1n) is 13.4. The van der Waals surface area contributed by atoms with Crippen LogP contribution in [0.4, 0.5) is 4.79 Å². The van der Waals surface area contributed by atoms with Crippen molar-refractivity contribution in [1.82, 2.24) is 0 Å². The molecule has 0 fully saturated rings. The van der Waals surface area contributed by atoms with Crippen molar-refractivity contribution in [3.8, 4) is 0 Å². The summed E-state index contributed by atoms with van der Waals surface area (Å²) in [4.78, 5) is 8.33. The van der Waals surface area contributed by atoms with Crippen molar-refractivity contribution < 1.29 is 35.4 Å². The van der Waals surface area contributed by atoms with E-state index >= 15 is 0 Å². The number of carbonyl (C=O) groups is 1. The first-order chi connectivity index (χ1) is 20.6. The van der Waals surface area contributed by atoms with Crippen molar-refractivity contribution in [3.63, 3.8) is 0 Å². The smallest absolute Gasteiger partial charge is 0.652 e. The SMILES string of the molecule is O=C([O-])[O-].[Pd+2].c1ccc(P(c2ccccc2)c2ccccc2)cc1.c1ccc(P(c2ccccc2)c2ccccc2)cc1. The molecule has 0 radical (unpaired) electrons. The Labute approximate surface area is 270 Å². The molecule has 216 valence electrons. The van der Waals surface area contributed by atoms with Gasteiger partial charge in [-0.25, -0.2) is 0 Å². The predicted molar refractivity (Wildman–Crippen MR) is 176 cm³/mol. The quantitative estimate of drug-likeness (QED) is 0.192. The third-order valence-corrected chi connectivity index (χ3v) is 11.0. The summed E-state index contributed by atoms with van der Waals surface area (Å²) in [6, 6.07) is 64.7. The fraction of sp³-hybridized carbons (Fsp3) is 0. The summed E-state index contributed by atoms with van der Waals surface area (Å²) in [5.41, 5.74) is 0. The van der Waals surface area contributed by atoms with Gasteiger partial charge in [0.05, 0.1) is 0 Å². The van der Waals surface area contributed by atoms with Crippen LogP contribution in [0.2, 0.25) is 0 Å². The number of hydrogen-bond donors (Lipinski definition) is 0. The molecule has 0 atom stereocenters. The minimum absolute atomic E-state index is 0. The molecule has 0 N–H and O–H groups in total. The van der Waals surface area contributed by atoms with Gasteiger partial charge in [0.2, 0.25) is 0 Å². The van der Waals surface area contributed by atoms with Gasteiger partial charge in [-0.2, -0.15) is 0 Å². The minimum atomic E-state index is -2.33. The van der Waals surface area contributed by atoms with Crippen LogP contribution in [-0.4, -0.2) is 6.16 Å². The van der Waals surface area contributed by atoms with Gasteiger partial charge >= 0.3 is 20.4 Å². The second kappa shape index (κ2) is 18.6. The van der Waals surface area contributed by atoms with Crippen LogP contribution in [-0.2, 0) is 20.4 Å². The van der Waals surface area contributed by atoms with Crippen LogP contribution in [0.25, 0.3) is 0 Å². The largest absolute Gasteiger partial charge is 2.00 e. The molecule has 43 heavy (non-hydrogen) atoms. The van der Waals surface area contributed by atoms with Gasteiger partial charge < -0.3 is 15.0 Å². The molecule has 6 heteroatoms. The Morgan fingerprint density at radius 3 is 0.558 bits per heavy atom. The van der Waals surface area contributed by atoms with Gasteiger partial charge in [-0.15, -0.1) is 0 Å². The molecule has 6 aromatic carbocycles. The molecule has 0 amide bonds. The maximum Gasteiger partial charge on any atom is 2.00 e. The molecule has 6 aromatic rings. The van der Waals surface area contributed by atoms with Crippen LogP contribution >= 0.6 is 15.8 Å². The number of rotatable bonds is 6. The van der Waals surface area contributed by atoms with E-state index < -0.39 is 22.0 Å². The van der Waals surface area contributed by atoms with E-state index in [0.717, 1.165) is 0 Å². The van der Waals surface area contributed by atoms with Gasteiger partial charge in [-0.3, -0.25) is 0 Å². The van der Waals surface area contributed by atoms with E-state index in [4.69, 9.17) is 15.0 Å². The summed E-state index contributed by atoms with van der Waals surface area (Å²) in [5.74, 6) is 0. The average Bonchev–Trinajstić information content (AvgIpc) is 3.05. The molecular weight excluding hydrogens is 661 g/mol. The minimum Gasteiger partial charge on any atom is -0.652 e. The summed E-state index contributed by atoms with van der Waals surface area (Å²) in [6.45, 7) is 0. The average molecular weight is 691 g/mol. The Morgan fingerprint density at radius 1 is 0.326 bits per heavy atom. The number of hydrogen-bond acceptors (Lipinski definition) is 3. The van der Waals surface area contributed by atoms with Gasteiger partial charge in [0, 0.05) is 0 Å². The number of carboxylic acid groups (broad SMARTS) is 2. The molecule has 0 heterocycles. The zero-order valence-electron chi connectivity index (χ0n) is 23.3. The van der Waals surface area contributed by atoms with Gasteiger partial charge in [0.1, 0.15) is 0 Å². The van der Waals surface area contributed by atoms with E-state index in [0.29, 0.717) is 0 Å². The van der Waals surface area contributed by atoms with Gasteiger partial charge in [-0.1, -0.05) is 182 Å². The second-order valence-corrected chi connectivity index (χ2v) is 13.4. The number of carbonyl (C=O) groups excluding carboxylic acids is 1. The van der Waals surface area contributed by atoms with Gasteiger partial charge in [0.25, 0.3) is 0 Å². The zero-order valence-corrected chi connectivity index (χ0v) is 26.6. The topological polar surface area (TPSA) is 63.2 Å². The Balaban J connectivity index is 0.000000206. The second-order valence-electron chi connectivity index (χ2n) is 8.93. The van der Waals surface area contributed by atoms with E-state index in [1.165, 1.54) is 31.8 Å². The summed E-state index contributed by atoms with van der Waals surface area (Å²) in [6.07, 6.45) is -2.33. The summed E-state index contributed by atoms with van der Waals surface area (Å²) >= 11 is 0. The van der Waals surface area contributed by atoms with Crippen molar-refractivity contribution in [2.75, 3.05) is 0 Å². The van der Waals surface area contributed by atoms with Crippen LogP contribution in [0, 0.1) is 0 Å². The molecule has 6 rings (SSSR count). The van der Waals surface area contributed by atoms with Crippen LogP contribution in [0.5, 0.6) is 0 Å². The fourth-order valence-corrected chi connectivity index (χ4v) is 8.97.